The van der Waals surface area contributed by atoms with Crippen LogP contribution in [0.15, 0.2) is 30.5 Å². The Kier molecular flexibility index (Phi) is 3.55. The monoisotopic (exact) mass is 287 g/mol. The third-order valence-corrected chi connectivity index (χ3v) is 2.88. The molecule has 0 fully saturated rings. The Morgan fingerprint density at radius 1 is 1.24 bits per heavy atom. The molecule has 0 unspecified atom stereocenters. The second kappa shape index (κ2) is 5.66. The van der Waals surface area contributed by atoms with Crippen LogP contribution in [0.3, 0.4) is 0 Å². The van der Waals surface area contributed by atoms with Crippen LogP contribution in [-0.4, -0.2) is 40.8 Å². The average molecular weight is 287 g/mol. The Hall–Kier alpha value is -2.83. The third kappa shape index (κ3) is 3.02. The summed E-state index contributed by atoms with van der Waals surface area (Å²) in [4.78, 5) is 19.0. The Morgan fingerprint density at radius 3 is 2.86 bits per heavy atom. The summed E-state index contributed by atoms with van der Waals surface area (Å²) in [6, 6.07) is 7.07. The molecule has 0 saturated heterocycles. The molecule has 2 heterocycles. The van der Waals surface area contributed by atoms with E-state index in [1.54, 1.807) is 12.3 Å². The zero-order valence-corrected chi connectivity index (χ0v) is 11.1. The van der Waals surface area contributed by atoms with E-state index in [1.165, 1.54) is 0 Å². The lowest BCUT2D eigenvalue weighted by atomic mass is 10.2. The first kappa shape index (κ1) is 13.2. The summed E-state index contributed by atoms with van der Waals surface area (Å²) in [6.07, 6.45) is 1.57. The molecule has 1 aromatic heterocycles. The predicted molar refractivity (Wildman–Crippen MR) is 74.6 cm³/mol. The van der Waals surface area contributed by atoms with Gasteiger partial charge in [-0.05, 0) is 24.3 Å². The van der Waals surface area contributed by atoms with Crippen molar-refractivity contribution < 1.29 is 19.4 Å². The minimum atomic E-state index is -0.950. The molecule has 21 heavy (non-hydrogen) atoms. The minimum Gasteiger partial charge on any atom is -0.486 e. The van der Waals surface area contributed by atoms with Gasteiger partial charge in [0, 0.05) is 11.8 Å². The lowest BCUT2D eigenvalue weighted by molar-refractivity contribution is -0.134. The first-order valence-electron chi connectivity index (χ1n) is 6.41. The van der Waals surface area contributed by atoms with Crippen molar-refractivity contribution in [3.8, 4) is 22.9 Å². The van der Waals surface area contributed by atoms with E-state index in [0.29, 0.717) is 36.4 Å². The second-order valence-corrected chi connectivity index (χ2v) is 4.37. The number of hydrogen-bond acceptors (Lipinski definition) is 6. The zero-order chi connectivity index (χ0) is 14.7. The summed E-state index contributed by atoms with van der Waals surface area (Å²) in [7, 11) is 0. The molecular weight excluding hydrogens is 274 g/mol. The molecule has 7 nitrogen and oxygen atoms in total. The summed E-state index contributed by atoms with van der Waals surface area (Å²) >= 11 is 0. The first-order chi connectivity index (χ1) is 10.2. The van der Waals surface area contributed by atoms with E-state index in [0.717, 1.165) is 5.56 Å². The number of aromatic nitrogens is 2. The molecule has 2 N–H and O–H groups in total. The smallest absolute Gasteiger partial charge is 0.322 e. The molecule has 1 aliphatic heterocycles. The van der Waals surface area contributed by atoms with Gasteiger partial charge in [0.1, 0.15) is 25.6 Å². The largest absolute Gasteiger partial charge is 0.486 e. The number of nitrogens with one attached hydrogen (secondary N) is 1. The second-order valence-electron chi connectivity index (χ2n) is 4.37. The molecule has 0 bridgehead atoms. The number of ether oxygens (including phenoxy) is 2. The van der Waals surface area contributed by atoms with Gasteiger partial charge in [0.05, 0.1) is 0 Å². The molecule has 1 aliphatic rings. The van der Waals surface area contributed by atoms with E-state index in [-0.39, 0.29) is 6.54 Å². The van der Waals surface area contributed by atoms with Crippen molar-refractivity contribution in [2.75, 3.05) is 25.1 Å². The van der Waals surface area contributed by atoms with Crippen molar-refractivity contribution in [3.05, 3.63) is 30.5 Å². The topological polar surface area (TPSA) is 93.6 Å². The van der Waals surface area contributed by atoms with Crippen molar-refractivity contribution in [2.45, 2.75) is 0 Å². The molecule has 3 rings (SSSR count). The van der Waals surface area contributed by atoms with Gasteiger partial charge in [0.2, 0.25) is 0 Å². The van der Waals surface area contributed by atoms with Gasteiger partial charge in [-0.3, -0.25) is 4.79 Å². The first-order valence-corrected chi connectivity index (χ1v) is 6.41. The quantitative estimate of drug-likeness (QED) is 0.878. The molecule has 1 aromatic carbocycles. The molecular formula is C14H13N3O4. The number of carboxylic acids is 1. The van der Waals surface area contributed by atoms with Gasteiger partial charge in [-0.1, -0.05) is 0 Å². The van der Waals surface area contributed by atoms with Crippen LogP contribution < -0.4 is 14.8 Å². The summed E-state index contributed by atoms with van der Waals surface area (Å²) in [6.45, 7) is 0.854. The fourth-order valence-corrected chi connectivity index (χ4v) is 1.94. The lowest BCUT2D eigenvalue weighted by Crippen LogP contribution is -2.15. The van der Waals surface area contributed by atoms with Crippen LogP contribution in [0, 0.1) is 0 Å². The van der Waals surface area contributed by atoms with Gasteiger partial charge in [-0.2, -0.15) is 0 Å². The molecule has 108 valence electrons. The van der Waals surface area contributed by atoms with Crippen LogP contribution in [0.2, 0.25) is 0 Å². The van der Waals surface area contributed by atoms with Crippen LogP contribution in [-0.2, 0) is 4.79 Å². The summed E-state index contributed by atoms with van der Waals surface area (Å²) in [5, 5.41) is 11.4. The van der Waals surface area contributed by atoms with E-state index < -0.39 is 5.97 Å². The van der Waals surface area contributed by atoms with Gasteiger partial charge in [-0.25, -0.2) is 9.97 Å². The molecule has 2 aromatic rings. The standard InChI is InChI=1S/C14H13N3O4/c18-13(19)8-16-12-3-4-15-14(17-12)9-1-2-10-11(7-9)21-6-5-20-10/h1-4,7H,5-6,8H2,(H,18,19)(H,15,16,17). The summed E-state index contributed by atoms with van der Waals surface area (Å²) < 4.78 is 11.0. The van der Waals surface area contributed by atoms with E-state index in [9.17, 15) is 4.79 Å². The molecule has 0 aliphatic carbocycles. The fourth-order valence-electron chi connectivity index (χ4n) is 1.94. The van der Waals surface area contributed by atoms with Gasteiger partial charge in [0.25, 0.3) is 0 Å². The van der Waals surface area contributed by atoms with Crippen LogP contribution in [0.5, 0.6) is 11.5 Å². The average Bonchev–Trinajstić information content (AvgIpc) is 2.53. The molecule has 0 saturated carbocycles. The van der Waals surface area contributed by atoms with Crippen LogP contribution in [0.4, 0.5) is 5.82 Å². The highest BCUT2D eigenvalue weighted by Gasteiger charge is 2.13. The van der Waals surface area contributed by atoms with Gasteiger partial charge < -0.3 is 19.9 Å². The van der Waals surface area contributed by atoms with Crippen molar-refractivity contribution >= 4 is 11.8 Å². The number of rotatable bonds is 4. The number of carboxylic acid groups (broad SMARTS) is 1. The molecule has 0 amide bonds. The number of nitrogens with zero attached hydrogens (tertiary/aromatic N) is 2. The Morgan fingerprint density at radius 2 is 2.05 bits per heavy atom. The maximum Gasteiger partial charge on any atom is 0.322 e. The summed E-state index contributed by atoms with van der Waals surface area (Å²) in [5.41, 5.74) is 0.776. The zero-order valence-electron chi connectivity index (χ0n) is 11.1. The maximum absolute atomic E-state index is 10.6. The van der Waals surface area contributed by atoms with Gasteiger partial charge in [-0.15, -0.1) is 0 Å². The van der Waals surface area contributed by atoms with E-state index >= 15 is 0 Å². The van der Waals surface area contributed by atoms with Gasteiger partial charge in [0.15, 0.2) is 17.3 Å². The van der Waals surface area contributed by atoms with E-state index in [2.05, 4.69) is 15.3 Å². The number of hydrogen-bond donors (Lipinski definition) is 2. The molecule has 0 atom stereocenters. The normalized spacial score (nSPS) is 12.8. The van der Waals surface area contributed by atoms with E-state index in [1.807, 2.05) is 18.2 Å². The predicted octanol–water partition coefficient (Wildman–Crippen LogP) is 1.41. The fraction of sp³-hybridized carbons (Fsp3) is 0.214. The summed E-state index contributed by atoms with van der Waals surface area (Å²) in [5.74, 6) is 1.35. The van der Waals surface area contributed by atoms with Crippen molar-refractivity contribution in [1.82, 2.24) is 9.97 Å². The van der Waals surface area contributed by atoms with Crippen molar-refractivity contribution in [2.24, 2.45) is 0 Å². The minimum absolute atomic E-state index is 0.197. The van der Waals surface area contributed by atoms with Crippen LogP contribution >= 0.6 is 0 Å². The molecule has 0 spiro atoms. The van der Waals surface area contributed by atoms with Crippen molar-refractivity contribution in [1.29, 1.82) is 0 Å². The number of fused-ring (bicyclic) bond motifs is 1. The van der Waals surface area contributed by atoms with Crippen LogP contribution in [0.1, 0.15) is 0 Å². The highest BCUT2D eigenvalue weighted by molar-refractivity contribution is 5.72. The number of anilines is 1. The lowest BCUT2D eigenvalue weighted by Gasteiger charge is -2.18. The Labute approximate surface area is 120 Å². The highest BCUT2D eigenvalue weighted by Crippen LogP contribution is 2.33. The maximum atomic E-state index is 10.6. The number of aliphatic carboxylic acids is 1. The molecule has 0 radical (unpaired) electrons. The third-order valence-electron chi connectivity index (χ3n) is 2.88. The number of carbonyl (C=O) groups is 1. The highest BCUT2D eigenvalue weighted by atomic mass is 16.6. The Balaban J connectivity index is 1.86. The van der Waals surface area contributed by atoms with Crippen molar-refractivity contribution in [3.63, 3.8) is 0 Å². The number of benzene rings is 1. The molecule has 7 heteroatoms. The van der Waals surface area contributed by atoms with Gasteiger partial charge >= 0.3 is 5.97 Å². The Bertz CT molecular complexity index is 675. The van der Waals surface area contributed by atoms with Crippen LogP contribution in [0.25, 0.3) is 11.4 Å². The van der Waals surface area contributed by atoms with E-state index in [4.69, 9.17) is 14.6 Å². The SMILES string of the molecule is O=C(O)CNc1ccnc(-c2ccc3c(c2)OCCO3)n1.